The molecule has 3 aromatic heterocycles. The highest BCUT2D eigenvalue weighted by Crippen LogP contribution is 2.15. The Morgan fingerprint density at radius 1 is 1.03 bits per heavy atom. The average Bonchev–Trinajstić information content (AvgIpc) is 3.18. The van der Waals surface area contributed by atoms with Crippen molar-refractivity contribution in [1.82, 2.24) is 20.0 Å². The summed E-state index contributed by atoms with van der Waals surface area (Å²) in [6.07, 6.45) is 3.22. The van der Waals surface area contributed by atoms with Gasteiger partial charge in [-0.05, 0) is 31.2 Å². The molecule has 1 aliphatic rings. The first-order valence-electron chi connectivity index (χ1n) is 9.26. The summed E-state index contributed by atoms with van der Waals surface area (Å²) in [6, 6.07) is 10.5. The molecule has 0 bridgehead atoms. The van der Waals surface area contributed by atoms with Crippen LogP contribution >= 0.6 is 0 Å². The number of anilines is 2. The van der Waals surface area contributed by atoms with Gasteiger partial charge < -0.3 is 19.6 Å². The predicted octanol–water partition coefficient (Wildman–Crippen LogP) is 1.99. The van der Waals surface area contributed by atoms with Gasteiger partial charge in [-0.1, -0.05) is 11.2 Å². The van der Waals surface area contributed by atoms with E-state index < -0.39 is 5.91 Å². The first-order chi connectivity index (χ1) is 14.1. The first kappa shape index (κ1) is 18.6. The predicted molar refractivity (Wildman–Crippen MR) is 106 cm³/mol. The number of rotatable bonds is 4. The van der Waals surface area contributed by atoms with Crippen molar-refractivity contribution in [2.75, 3.05) is 36.4 Å². The standard InChI is InChI=1S/C20H20N6O3/c1-14-12-17(24-29-14)23-19(27)16-13-15(5-7-21-16)20(28)26-10-8-25(9-11-26)18-4-2-3-6-22-18/h2-7,12-13H,8-11H2,1H3,(H,23,24,27). The summed E-state index contributed by atoms with van der Waals surface area (Å²) >= 11 is 0. The molecule has 0 radical (unpaired) electrons. The van der Waals surface area contributed by atoms with E-state index in [1.54, 1.807) is 30.2 Å². The van der Waals surface area contributed by atoms with Crippen LogP contribution in [0.1, 0.15) is 26.6 Å². The molecular formula is C20H20N6O3. The van der Waals surface area contributed by atoms with Crippen LogP contribution in [0, 0.1) is 6.92 Å². The van der Waals surface area contributed by atoms with E-state index in [0.717, 1.165) is 5.82 Å². The Morgan fingerprint density at radius 2 is 1.86 bits per heavy atom. The molecule has 1 fully saturated rings. The Labute approximate surface area is 167 Å². The average molecular weight is 392 g/mol. The van der Waals surface area contributed by atoms with Gasteiger partial charge in [-0.25, -0.2) is 4.98 Å². The minimum atomic E-state index is -0.451. The van der Waals surface area contributed by atoms with Crippen LogP contribution in [-0.4, -0.2) is 58.0 Å². The topological polar surface area (TPSA) is 104 Å². The molecule has 4 rings (SSSR count). The highest BCUT2D eigenvalue weighted by atomic mass is 16.5. The highest BCUT2D eigenvalue weighted by molar-refractivity contribution is 6.04. The van der Waals surface area contributed by atoms with Crippen molar-refractivity contribution in [3.05, 3.63) is 65.8 Å². The number of hydrogen-bond donors (Lipinski definition) is 1. The van der Waals surface area contributed by atoms with Gasteiger partial charge in [-0.2, -0.15) is 0 Å². The zero-order chi connectivity index (χ0) is 20.2. The van der Waals surface area contributed by atoms with Crippen molar-refractivity contribution in [3.8, 4) is 0 Å². The van der Waals surface area contributed by atoms with Crippen LogP contribution in [0.15, 0.2) is 53.3 Å². The lowest BCUT2D eigenvalue weighted by molar-refractivity contribution is 0.0746. The number of pyridine rings is 2. The van der Waals surface area contributed by atoms with Gasteiger partial charge in [0.05, 0.1) is 0 Å². The smallest absolute Gasteiger partial charge is 0.275 e. The normalized spacial score (nSPS) is 14.0. The van der Waals surface area contributed by atoms with E-state index in [2.05, 4.69) is 25.3 Å². The zero-order valence-electron chi connectivity index (χ0n) is 15.9. The summed E-state index contributed by atoms with van der Waals surface area (Å²) in [5.41, 5.74) is 0.566. The van der Waals surface area contributed by atoms with Crippen LogP contribution in [0.25, 0.3) is 0 Å². The Balaban J connectivity index is 1.40. The molecule has 0 aliphatic carbocycles. The first-order valence-corrected chi connectivity index (χ1v) is 9.26. The lowest BCUT2D eigenvalue weighted by Crippen LogP contribution is -2.49. The third-order valence-electron chi connectivity index (χ3n) is 4.65. The maximum Gasteiger partial charge on any atom is 0.275 e. The number of carbonyl (C=O) groups excluding carboxylic acids is 2. The number of aryl methyl sites for hydroxylation is 1. The molecular weight excluding hydrogens is 372 g/mol. The molecule has 1 saturated heterocycles. The molecule has 1 N–H and O–H groups in total. The largest absolute Gasteiger partial charge is 0.360 e. The maximum atomic E-state index is 12.9. The van der Waals surface area contributed by atoms with Gasteiger partial charge in [0.2, 0.25) is 0 Å². The fourth-order valence-electron chi connectivity index (χ4n) is 3.16. The van der Waals surface area contributed by atoms with Crippen molar-refractivity contribution in [2.24, 2.45) is 0 Å². The summed E-state index contributed by atoms with van der Waals surface area (Å²) in [4.78, 5) is 37.6. The number of carbonyl (C=O) groups is 2. The number of amides is 2. The maximum absolute atomic E-state index is 12.9. The number of nitrogens with one attached hydrogen (secondary N) is 1. The fourth-order valence-corrected chi connectivity index (χ4v) is 3.16. The third-order valence-corrected chi connectivity index (χ3v) is 4.65. The molecule has 9 heteroatoms. The van der Waals surface area contributed by atoms with Crippen molar-refractivity contribution in [3.63, 3.8) is 0 Å². The van der Waals surface area contributed by atoms with E-state index in [-0.39, 0.29) is 11.6 Å². The number of hydrogen-bond acceptors (Lipinski definition) is 7. The van der Waals surface area contributed by atoms with Crippen LogP contribution < -0.4 is 10.2 Å². The van der Waals surface area contributed by atoms with Gasteiger partial charge in [0.1, 0.15) is 17.3 Å². The Morgan fingerprint density at radius 3 is 2.55 bits per heavy atom. The highest BCUT2D eigenvalue weighted by Gasteiger charge is 2.23. The van der Waals surface area contributed by atoms with Gasteiger partial charge in [0, 0.05) is 50.2 Å². The summed E-state index contributed by atoms with van der Waals surface area (Å²) in [5, 5.41) is 6.33. The lowest BCUT2D eigenvalue weighted by Gasteiger charge is -2.35. The van der Waals surface area contributed by atoms with Crippen LogP contribution in [-0.2, 0) is 0 Å². The molecule has 4 heterocycles. The van der Waals surface area contributed by atoms with E-state index in [1.807, 2.05) is 18.2 Å². The lowest BCUT2D eigenvalue weighted by atomic mass is 10.1. The second kappa shape index (κ2) is 8.09. The minimum Gasteiger partial charge on any atom is -0.360 e. The molecule has 0 atom stereocenters. The van der Waals surface area contributed by atoms with Crippen molar-refractivity contribution >= 4 is 23.5 Å². The Kier molecular flexibility index (Phi) is 5.19. The van der Waals surface area contributed by atoms with Crippen molar-refractivity contribution in [2.45, 2.75) is 6.92 Å². The molecule has 0 spiro atoms. The fraction of sp³-hybridized carbons (Fsp3) is 0.250. The Bertz CT molecular complexity index is 1010. The molecule has 148 valence electrons. The quantitative estimate of drug-likeness (QED) is 0.724. The summed E-state index contributed by atoms with van der Waals surface area (Å²) in [6.45, 7) is 4.29. The molecule has 29 heavy (non-hydrogen) atoms. The van der Waals surface area contributed by atoms with E-state index in [9.17, 15) is 9.59 Å². The van der Waals surface area contributed by atoms with Gasteiger partial charge >= 0.3 is 0 Å². The van der Waals surface area contributed by atoms with Gasteiger partial charge in [0.25, 0.3) is 11.8 Å². The molecule has 1 aliphatic heterocycles. The SMILES string of the molecule is Cc1cc(NC(=O)c2cc(C(=O)N3CCN(c4ccccn4)CC3)ccn2)no1. The molecule has 2 amide bonds. The number of piperazine rings is 1. The number of nitrogens with zero attached hydrogens (tertiary/aromatic N) is 5. The van der Waals surface area contributed by atoms with Crippen molar-refractivity contribution in [1.29, 1.82) is 0 Å². The third kappa shape index (κ3) is 4.23. The van der Waals surface area contributed by atoms with Gasteiger partial charge in [-0.15, -0.1) is 0 Å². The molecule has 3 aromatic rings. The van der Waals surface area contributed by atoms with E-state index in [0.29, 0.717) is 43.3 Å². The van der Waals surface area contributed by atoms with Crippen molar-refractivity contribution < 1.29 is 14.1 Å². The van der Waals surface area contributed by atoms with Crippen LogP contribution in [0.3, 0.4) is 0 Å². The van der Waals surface area contributed by atoms with E-state index in [4.69, 9.17) is 4.52 Å². The van der Waals surface area contributed by atoms with Gasteiger partial charge in [-0.3, -0.25) is 14.6 Å². The monoisotopic (exact) mass is 392 g/mol. The van der Waals surface area contributed by atoms with Crippen LogP contribution in [0.2, 0.25) is 0 Å². The Hall–Kier alpha value is -3.75. The molecule has 0 saturated carbocycles. The van der Waals surface area contributed by atoms with E-state index >= 15 is 0 Å². The summed E-state index contributed by atoms with van der Waals surface area (Å²) in [7, 11) is 0. The second-order valence-corrected chi connectivity index (χ2v) is 6.67. The zero-order valence-corrected chi connectivity index (χ0v) is 15.9. The number of aromatic nitrogens is 3. The van der Waals surface area contributed by atoms with Crippen LogP contribution in [0.4, 0.5) is 11.6 Å². The van der Waals surface area contributed by atoms with Gasteiger partial charge in [0.15, 0.2) is 5.82 Å². The minimum absolute atomic E-state index is 0.126. The molecule has 0 unspecified atom stereocenters. The second-order valence-electron chi connectivity index (χ2n) is 6.67. The van der Waals surface area contributed by atoms with Crippen LogP contribution in [0.5, 0.6) is 0 Å². The molecule has 0 aromatic carbocycles. The summed E-state index contributed by atoms with van der Waals surface area (Å²) in [5.74, 6) is 1.22. The van der Waals surface area contributed by atoms with E-state index in [1.165, 1.54) is 12.3 Å². The summed E-state index contributed by atoms with van der Waals surface area (Å²) < 4.78 is 4.93. The molecule has 9 nitrogen and oxygen atoms in total.